The molecule has 1 atom stereocenters. The van der Waals surface area contributed by atoms with E-state index < -0.39 is 4.92 Å². The first-order valence-electron chi connectivity index (χ1n) is 5.68. The summed E-state index contributed by atoms with van der Waals surface area (Å²) in [6.07, 6.45) is 3.67. The first-order valence-corrected chi connectivity index (χ1v) is 5.68. The Morgan fingerprint density at radius 2 is 2.47 bits per heavy atom. The highest BCUT2D eigenvalue weighted by atomic mass is 16.6. The minimum atomic E-state index is -0.500. The van der Waals surface area contributed by atoms with Crippen molar-refractivity contribution in [1.82, 2.24) is 4.98 Å². The lowest BCUT2D eigenvalue weighted by atomic mass is 10.1. The molecule has 2 rings (SSSR count). The Labute approximate surface area is 99.2 Å². The van der Waals surface area contributed by atoms with E-state index in [1.54, 1.807) is 6.07 Å². The largest absolute Gasteiger partial charge is 0.382 e. The number of rotatable bonds is 5. The maximum Gasteiger partial charge on any atom is 0.363 e. The third-order valence-corrected chi connectivity index (χ3v) is 2.84. The average molecular weight is 237 g/mol. The van der Waals surface area contributed by atoms with Crippen LogP contribution in [-0.4, -0.2) is 29.7 Å². The molecule has 0 radical (unpaired) electrons. The van der Waals surface area contributed by atoms with Crippen molar-refractivity contribution in [2.24, 2.45) is 5.92 Å². The molecule has 0 amide bonds. The molecule has 0 saturated carbocycles. The Morgan fingerprint density at radius 1 is 1.59 bits per heavy atom. The molecule has 1 aliphatic heterocycles. The number of nitrogens with one attached hydrogen (secondary N) is 1. The summed E-state index contributed by atoms with van der Waals surface area (Å²) in [5.41, 5.74) is 0.814. The molecule has 0 spiro atoms. The van der Waals surface area contributed by atoms with Gasteiger partial charge in [0.15, 0.2) is 6.20 Å². The Balaban J connectivity index is 1.76. The van der Waals surface area contributed by atoms with E-state index in [-0.39, 0.29) is 5.82 Å². The predicted octanol–water partition coefficient (Wildman–Crippen LogP) is 1.83. The lowest BCUT2D eigenvalue weighted by molar-refractivity contribution is -0.389. The molecule has 92 valence electrons. The normalized spacial score (nSPS) is 19.2. The fraction of sp³-hybridized carbons (Fsp3) is 0.545. The predicted molar refractivity (Wildman–Crippen MR) is 62.9 cm³/mol. The number of aromatic nitrogens is 1. The third kappa shape index (κ3) is 3.39. The number of nitrogens with zero attached hydrogens (tertiary/aromatic N) is 2. The van der Waals surface area contributed by atoms with Gasteiger partial charge >= 0.3 is 5.82 Å². The van der Waals surface area contributed by atoms with E-state index in [1.807, 2.05) is 0 Å². The molecule has 1 aromatic rings. The maximum absolute atomic E-state index is 10.4. The van der Waals surface area contributed by atoms with Gasteiger partial charge in [-0.2, -0.15) is 0 Å². The quantitative estimate of drug-likeness (QED) is 0.624. The summed E-state index contributed by atoms with van der Waals surface area (Å²) in [4.78, 5) is 13.7. The number of anilines is 1. The summed E-state index contributed by atoms with van der Waals surface area (Å²) >= 11 is 0. The van der Waals surface area contributed by atoms with Crippen molar-refractivity contribution in [3.05, 3.63) is 28.4 Å². The van der Waals surface area contributed by atoms with Crippen LogP contribution in [0.1, 0.15) is 12.8 Å². The molecule has 17 heavy (non-hydrogen) atoms. The lowest BCUT2D eigenvalue weighted by Crippen LogP contribution is -2.09. The monoisotopic (exact) mass is 237 g/mol. The van der Waals surface area contributed by atoms with Gasteiger partial charge in [-0.25, -0.2) is 0 Å². The van der Waals surface area contributed by atoms with Gasteiger partial charge in [0.05, 0.1) is 5.69 Å². The third-order valence-electron chi connectivity index (χ3n) is 2.84. The van der Waals surface area contributed by atoms with Crippen molar-refractivity contribution < 1.29 is 9.66 Å². The summed E-state index contributed by atoms with van der Waals surface area (Å²) in [6.45, 7) is 2.55. The number of nitro groups is 1. The van der Waals surface area contributed by atoms with E-state index >= 15 is 0 Å². The second-order valence-corrected chi connectivity index (χ2v) is 4.11. The van der Waals surface area contributed by atoms with Crippen molar-refractivity contribution in [2.45, 2.75) is 12.8 Å². The number of ether oxygens (including phenoxy) is 1. The van der Waals surface area contributed by atoms with E-state index in [0.29, 0.717) is 5.92 Å². The average Bonchev–Trinajstić information content (AvgIpc) is 2.83. The molecule has 0 bridgehead atoms. The molecule has 6 heteroatoms. The van der Waals surface area contributed by atoms with Crippen LogP contribution >= 0.6 is 0 Å². The van der Waals surface area contributed by atoms with Gasteiger partial charge < -0.3 is 20.2 Å². The SMILES string of the molecule is O=[N+]([O-])c1ccc(NCCC2CCOC2)cn1. The zero-order valence-electron chi connectivity index (χ0n) is 9.46. The second-order valence-electron chi connectivity index (χ2n) is 4.11. The fourth-order valence-corrected chi connectivity index (χ4v) is 1.83. The van der Waals surface area contributed by atoms with Gasteiger partial charge in [0.1, 0.15) is 0 Å². The van der Waals surface area contributed by atoms with Gasteiger partial charge in [0, 0.05) is 25.8 Å². The summed E-state index contributed by atoms with van der Waals surface area (Å²) in [5.74, 6) is 0.508. The Hall–Kier alpha value is -1.69. The van der Waals surface area contributed by atoms with Crippen LogP contribution in [0.4, 0.5) is 11.5 Å². The van der Waals surface area contributed by atoms with Gasteiger partial charge in [-0.1, -0.05) is 0 Å². The van der Waals surface area contributed by atoms with Gasteiger partial charge in [0.25, 0.3) is 0 Å². The maximum atomic E-state index is 10.4. The van der Waals surface area contributed by atoms with Crippen molar-refractivity contribution in [3.63, 3.8) is 0 Å². The van der Waals surface area contributed by atoms with Crippen LogP contribution in [-0.2, 0) is 4.74 Å². The summed E-state index contributed by atoms with van der Waals surface area (Å²) < 4.78 is 5.29. The molecule has 1 N–H and O–H groups in total. The Kier molecular flexibility index (Phi) is 3.87. The first-order chi connectivity index (χ1) is 8.25. The van der Waals surface area contributed by atoms with Gasteiger partial charge in [-0.3, -0.25) is 0 Å². The van der Waals surface area contributed by atoms with Crippen LogP contribution < -0.4 is 5.32 Å². The molecule has 0 aromatic carbocycles. The minimum absolute atomic E-state index is 0.125. The Bertz CT molecular complexity index is 374. The second kappa shape index (κ2) is 5.58. The molecule has 6 nitrogen and oxygen atoms in total. The van der Waals surface area contributed by atoms with Crippen molar-refractivity contribution in [3.8, 4) is 0 Å². The molecule has 1 aromatic heterocycles. The highest BCUT2D eigenvalue weighted by Crippen LogP contribution is 2.17. The van der Waals surface area contributed by atoms with Crippen LogP contribution in [0, 0.1) is 16.0 Å². The number of pyridine rings is 1. The molecule has 1 unspecified atom stereocenters. The smallest absolute Gasteiger partial charge is 0.363 e. The van der Waals surface area contributed by atoms with Crippen LogP contribution in [0.3, 0.4) is 0 Å². The van der Waals surface area contributed by atoms with Crippen molar-refractivity contribution in [1.29, 1.82) is 0 Å². The molecule has 0 aliphatic carbocycles. The minimum Gasteiger partial charge on any atom is -0.382 e. The highest BCUT2D eigenvalue weighted by molar-refractivity contribution is 5.43. The van der Waals surface area contributed by atoms with Gasteiger partial charge in [0.2, 0.25) is 0 Å². The summed E-state index contributed by atoms with van der Waals surface area (Å²) in [5, 5.41) is 13.6. The van der Waals surface area contributed by atoms with Crippen LogP contribution in [0.15, 0.2) is 18.3 Å². The molecule has 1 saturated heterocycles. The first kappa shape index (κ1) is 11.8. The molecular formula is C11H15N3O3. The number of hydrogen-bond acceptors (Lipinski definition) is 5. The van der Waals surface area contributed by atoms with Gasteiger partial charge in [-0.15, -0.1) is 0 Å². The Morgan fingerprint density at radius 3 is 3.06 bits per heavy atom. The highest BCUT2D eigenvalue weighted by Gasteiger charge is 2.14. The van der Waals surface area contributed by atoms with E-state index in [4.69, 9.17) is 4.74 Å². The molecule has 2 heterocycles. The van der Waals surface area contributed by atoms with E-state index in [9.17, 15) is 10.1 Å². The van der Waals surface area contributed by atoms with Gasteiger partial charge in [-0.05, 0) is 34.7 Å². The lowest BCUT2D eigenvalue weighted by Gasteiger charge is -2.08. The summed E-state index contributed by atoms with van der Waals surface area (Å²) in [7, 11) is 0. The zero-order chi connectivity index (χ0) is 12.1. The molecule has 1 aliphatic rings. The van der Waals surface area contributed by atoms with Crippen LogP contribution in [0.25, 0.3) is 0 Å². The topological polar surface area (TPSA) is 77.3 Å². The van der Waals surface area contributed by atoms with Crippen molar-refractivity contribution >= 4 is 11.5 Å². The molecular weight excluding hydrogens is 222 g/mol. The van der Waals surface area contributed by atoms with Crippen LogP contribution in [0.2, 0.25) is 0 Å². The number of hydrogen-bond donors (Lipinski definition) is 1. The van der Waals surface area contributed by atoms with E-state index in [1.165, 1.54) is 12.3 Å². The van der Waals surface area contributed by atoms with Crippen molar-refractivity contribution in [2.75, 3.05) is 25.1 Å². The van der Waals surface area contributed by atoms with Crippen LogP contribution in [0.5, 0.6) is 0 Å². The summed E-state index contributed by atoms with van der Waals surface area (Å²) in [6, 6.07) is 3.08. The fourth-order valence-electron chi connectivity index (χ4n) is 1.83. The zero-order valence-corrected chi connectivity index (χ0v) is 9.46. The molecule has 1 fully saturated rings. The van der Waals surface area contributed by atoms with E-state index in [2.05, 4.69) is 10.3 Å². The van der Waals surface area contributed by atoms with E-state index in [0.717, 1.165) is 38.3 Å². The standard InChI is InChI=1S/C11H15N3O3/c15-14(16)11-2-1-10(7-13-11)12-5-3-9-4-6-17-8-9/h1-2,7,9,12H,3-6,8H2.